The Morgan fingerprint density at radius 3 is 2.47 bits per heavy atom. The number of amides is 1. The van der Waals surface area contributed by atoms with Gasteiger partial charge >= 0.3 is 0 Å². The van der Waals surface area contributed by atoms with Gasteiger partial charge in [-0.2, -0.15) is 0 Å². The number of carbonyl (C=O) groups excluding carboxylic acids is 1. The van der Waals surface area contributed by atoms with Crippen molar-refractivity contribution < 1.29 is 9.53 Å². The maximum atomic E-state index is 11.7. The first-order chi connectivity index (χ1) is 9.02. The number of rotatable bonds is 7. The number of hydrogen-bond donors (Lipinski definition) is 1. The Labute approximate surface area is 123 Å². The van der Waals surface area contributed by atoms with E-state index in [2.05, 4.69) is 35.1 Å². The number of methoxy groups -OCH3 is 1. The highest BCUT2D eigenvalue weighted by Gasteiger charge is 2.10. The molecular formula is C15H22BrNO2. The Kier molecular flexibility index (Phi) is 6.92. The van der Waals surface area contributed by atoms with E-state index in [0.29, 0.717) is 23.7 Å². The molecule has 0 saturated carbocycles. The summed E-state index contributed by atoms with van der Waals surface area (Å²) in [5.74, 6) is 1.45. The molecule has 0 bridgehead atoms. The molecule has 0 radical (unpaired) electrons. The van der Waals surface area contributed by atoms with Crippen molar-refractivity contribution in [2.45, 2.75) is 31.5 Å². The Balaban J connectivity index is 2.29. The SMILES string of the molecule is COc1ccc(CCC(=O)NCC(Br)C(C)C)cc1. The van der Waals surface area contributed by atoms with Crippen LogP contribution in [0.4, 0.5) is 0 Å². The van der Waals surface area contributed by atoms with Crippen molar-refractivity contribution in [2.24, 2.45) is 5.92 Å². The van der Waals surface area contributed by atoms with Crippen molar-refractivity contribution in [3.8, 4) is 5.75 Å². The van der Waals surface area contributed by atoms with E-state index in [1.54, 1.807) is 7.11 Å². The third-order valence-corrected chi connectivity index (χ3v) is 4.40. The fraction of sp³-hybridized carbons (Fsp3) is 0.533. The van der Waals surface area contributed by atoms with E-state index < -0.39 is 0 Å². The highest BCUT2D eigenvalue weighted by atomic mass is 79.9. The van der Waals surface area contributed by atoms with Crippen LogP contribution in [0.3, 0.4) is 0 Å². The fourth-order valence-corrected chi connectivity index (χ4v) is 1.75. The number of benzene rings is 1. The summed E-state index contributed by atoms with van der Waals surface area (Å²) in [6.45, 7) is 4.94. The van der Waals surface area contributed by atoms with Gasteiger partial charge in [0.25, 0.3) is 0 Å². The van der Waals surface area contributed by atoms with Gasteiger partial charge in [0.2, 0.25) is 5.91 Å². The maximum Gasteiger partial charge on any atom is 0.220 e. The van der Waals surface area contributed by atoms with Gasteiger partial charge in [0, 0.05) is 17.8 Å². The van der Waals surface area contributed by atoms with Gasteiger partial charge in [0.1, 0.15) is 5.75 Å². The van der Waals surface area contributed by atoms with E-state index in [0.717, 1.165) is 17.7 Å². The maximum absolute atomic E-state index is 11.7. The van der Waals surface area contributed by atoms with Crippen molar-refractivity contribution in [3.05, 3.63) is 29.8 Å². The van der Waals surface area contributed by atoms with Gasteiger partial charge in [-0.25, -0.2) is 0 Å². The largest absolute Gasteiger partial charge is 0.497 e. The lowest BCUT2D eigenvalue weighted by Crippen LogP contribution is -2.31. The van der Waals surface area contributed by atoms with Crippen LogP contribution in [-0.2, 0) is 11.2 Å². The van der Waals surface area contributed by atoms with Crippen molar-refractivity contribution in [1.29, 1.82) is 0 Å². The third kappa shape index (κ3) is 6.10. The molecule has 106 valence electrons. The number of aryl methyl sites for hydroxylation is 1. The molecule has 0 aromatic heterocycles. The van der Waals surface area contributed by atoms with Crippen LogP contribution in [0.2, 0.25) is 0 Å². The number of alkyl halides is 1. The summed E-state index contributed by atoms with van der Waals surface area (Å²) in [4.78, 5) is 12.0. The van der Waals surface area contributed by atoms with Crippen LogP contribution in [0.1, 0.15) is 25.8 Å². The van der Waals surface area contributed by atoms with Crippen LogP contribution in [0.25, 0.3) is 0 Å². The highest BCUT2D eigenvalue weighted by molar-refractivity contribution is 9.09. The predicted octanol–water partition coefficient (Wildman–Crippen LogP) is 3.16. The summed E-state index contributed by atoms with van der Waals surface area (Å²) in [5.41, 5.74) is 1.15. The lowest BCUT2D eigenvalue weighted by atomic mass is 10.1. The summed E-state index contributed by atoms with van der Waals surface area (Å²) in [5, 5.41) is 2.95. The van der Waals surface area contributed by atoms with Gasteiger partial charge in [-0.1, -0.05) is 41.9 Å². The van der Waals surface area contributed by atoms with Gasteiger partial charge in [0.05, 0.1) is 7.11 Å². The Bertz CT molecular complexity index is 390. The van der Waals surface area contributed by atoms with E-state index in [1.165, 1.54) is 0 Å². The standard InChI is InChI=1S/C15H22BrNO2/c1-11(2)14(16)10-17-15(18)9-6-12-4-7-13(19-3)8-5-12/h4-5,7-8,11,14H,6,9-10H2,1-3H3,(H,17,18). The van der Waals surface area contributed by atoms with E-state index >= 15 is 0 Å². The molecule has 1 aromatic rings. The molecule has 0 heterocycles. The zero-order valence-corrected chi connectivity index (χ0v) is 13.4. The summed E-state index contributed by atoms with van der Waals surface area (Å²) in [6.07, 6.45) is 1.27. The predicted molar refractivity (Wildman–Crippen MR) is 81.9 cm³/mol. The van der Waals surface area contributed by atoms with Crippen LogP contribution < -0.4 is 10.1 Å². The molecule has 1 atom stereocenters. The number of nitrogens with one attached hydrogen (secondary N) is 1. The van der Waals surface area contributed by atoms with Gasteiger partial charge in [-0.05, 0) is 30.0 Å². The summed E-state index contributed by atoms with van der Waals surface area (Å²) < 4.78 is 5.10. The minimum Gasteiger partial charge on any atom is -0.497 e. The molecule has 1 unspecified atom stereocenters. The zero-order chi connectivity index (χ0) is 14.3. The lowest BCUT2D eigenvalue weighted by molar-refractivity contribution is -0.121. The molecule has 0 spiro atoms. The van der Waals surface area contributed by atoms with Crippen LogP contribution in [0, 0.1) is 5.92 Å². The second-order valence-corrected chi connectivity index (χ2v) is 6.09. The Morgan fingerprint density at radius 1 is 1.32 bits per heavy atom. The monoisotopic (exact) mass is 327 g/mol. The third-order valence-electron chi connectivity index (χ3n) is 3.02. The van der Waals surface area contributed by atoms with Crippen molar-refractivity contribution in [3.63, 3.8) is 0 Å². The lowest BCUT2D eigenvalue weighted by Gasteiger charge is -2.14. The second-order valence-electron chi connectivity index (χ2n) is 4.91. The molecule has 0 aliphatic carbocycles. The van der Waals surface area contributed by atoms with E-state index in [4.69, 9.17) is 4.74 Å². The molecule has 0 fully saturated rings. The van der Waals surface area contributed by atoms with E-state index in [1.807, 2.05) is 24.3 Å². The minimum absolute atomic E-state index is 0.0981. The van der Waals surface area contributed by atoms with Gasteiger partial charge in [-0.3, -0.25) is 4.79 Å². The van der Waals surface area contributed by atoms with Crippen LogP contribution >= 0.6 is 15.9 Å². The van der Waals surface area contributed by atoms with Crippen molar-refractivity contribution in [1.82, 2.24) is 5.32 Å². The second kappa shape index (κ2) is 8.20. The van der Waals surface area contributed by atoms with Crippen molar-refractivity contribution in [2.75, 3.05) is 13.7 Å². The molecule has 3 nitrogen and oxygen atoms in total. The average molecular weight is 328 g/mol. The van der Waals surface area contributed by atoms with Crippen molar-refractivity contribution >= 4 is 21.8 Å². The molecule has 1 amide bonds. The average Bonchev–Trinajstić information content (AvgIpc) is 2.42. The Morgan fingerprint density at radius 2 is 1.95 bits per heavy atom. The molecule has 1 N–H and O–H groups in total. The molecule has 0 saturated heterocycles. The van der Waals surface area contributed by atoms with Gasteiger partial charge < -0.3 is 10.1 Å². The molecular weight excluding hydrogens is 306 g/mol. The van der Waals surface area contributed by atoms with Crippen LogP contribution in [0.15, 0.2) is 24.3 Å². The van der Waals surface area contributed by atoms with E-state index in [9.17, 15) is 4.79 Å². The number of hydrogen-bond acceptors (Lipinski definition) is 2. The topological polar surface area (TPSA) is 38.3 Å². The van der Waals surface area contributed by atoms with Crippen LogP contribution in [-0.4, -0.2) is 24.4 Å². The van der Waals surface area contributed by atoms with Crippen LogP contribution in [0.5, 0.6) is 5.75 Å². The number of carbonyl (C=O) groups is 1. The summed E-state index contributed by atoms with van der Waals surface area (Å²) in [7, 11) is 1.65. The normalized spacial score (nSPS) is 12.3. The first kappa shape index (κ1) is 16.0. The highest BCUT2D eigenvalue weighted by Crippen LogP contribution is 2.13. The minimum atomic E-state index is 0.0981. The summed E-state index contributed by atoms with van der Waals surface area (Å²) >= 11 is 3.55. The zero-order valence-electron chi connectivity index (χ0n) is 11.8. The van der Waals surface area contributed by atoms with E-state index in [-0.39, 0.29) is 5.91 Å². The first-order valence-corrected chi connectivity index (χ1v) is 7.48. The fourth-order valence-electron chi connectivity index (χ4n) is 1.59. The molecule has 19 heavy (non-hydrogen) atoms. The number of ether oxygens (including phenoxy) is 1. The quantitative estimate of drug-likeness (QED) is 0.781. The first-order valence-electron chi connectivity index (χ1n) is 6.56. The Hall–Kier alpha value is -1.03. The molecule has 4 heteroatoms. The van der Waals surface area contributed by atoms with Gasteiger partial charge in [-0.15, -0.1) is 0 Å². The van der Waals surface area contributed by atoms with Gasteiger partial charge in [0.15, 0.2) is 0 Å². The molecule has 0 aliphatic heterocycles. The smallest absolute Gasteiger partial charge is 0.220 e. The molecule has 0 aliphatic rings. The molecule has 1 aromatic carbocycles. The number of halogens is 1. The summed E-state index contributed by atoms with van der Waals surface area (Å²) in [6, 6.07) is 7.82. The molecule has 1 rings (SSSR count).